The molecule has 68 valence electrons. The number of carbonyl (C=O) groups excluding carboxylic acids is 1. The van der Waals surface area contributed by atoms with E-state index in [9.17, 15) is 4.79 Å². The molecule has 0 amide bonds. The van der Waals surface area contributed by atoms with Gasteiger partial charge in [-0.25, -0.2) is 0 Å². The van der Waals surface area contributed by atoms with E-state index in [4.69, 9.17) is 0 Å². The zero-order chi connectivity index (χ0) is 9.10. The van der Waals surface area contributed by atoms with Crippen LogP contribution in [0.5, 0.6) is 0 Å². The van der Waals surface area contributed by atoms with E-state index in [2.05, 4.69) is 12.1 Å². The first kappa shape index (κ1) is 8.82. The van der Waals surface area contributed by atoms with Crippen molar-refractivity contribution in [2.45, 2.75) is 24.2 Å². The molecule has 0 bridgehead atoms. The standard InChI is InChI=1S/C11H12OS/c12-10-5-3-7-13-11-6-2-1-4-9(11)8-10/h1-2,4,6H,3,5,7-8H2. The third-order valence-corrected chi connectivity index (χ3v) is 3.42. The molecular weight excluding hydrogens is 180 g/mol. The minimum atomic E-state index is 0.382. The van der Waals surface area contributed by atoms with Crippen LogP contribution in [0.2, 0.25) is 0 Å². The number of carbonyl (C=O) groups is 1. The summed E-state index contributed by atoms with van der Waals surface area (Å²) in [6.07, 6.45) is 2.41. The number of Topliss-reactive ketones (excluding diaryl/α,β-unsaturated/α-hetero) is 1. The van der Waals surface area contributed by atoms with Gasteiger partial charge >= 0.3 is 0 Å². The van der Waals surface area contributed by atoms with Gasteiger partial charge in [-0.2, -0.15) is 0 Å². The Bertz CT molecular complexity index is 320. The van der Waals surface area contributed by atoms with Crippen LogP contribution in [0.15, 0.2) is 29.2 Å². The van der Waals surface area contributed by atoms with Gasteiger partial charge in [0.2, 0.25) is 0 Å². The Hall–Kier alpha value is -0.760. The fraction of sp³-hybridized carbons (Fsp3) is 0.364. The van der Waals surface area contributed by atoms with E-state index in [1.807, 2.05) is 23.9 Å². The van der Waals surface area contributed by atoms with Gasteiger partial charge in [-0.3, -0.25) is 4.79 Å². The molecule has 0 N–H and O–H groups in total. The van der Waals surface area contributed by atoms with E-state index in [1.165, 1.54) is 10.5 Å². The molecule has 1 nitrogen and oxygen atoms in total. The summed E-state index contributed by atoms with van der Waals surface area (Å²) in [5, 5.41) is 0. The molecule has 0 saturated heterocycles. The highest BCUT2D eigenvalue weighted by Crippen LogP contribution is 2.26. The summed E-state index contributed by atoms with van der Waals surface area (Å²) in [7, 11) is 0. The summed E-state index contributed by atoms with van der Waals surface area (Å²) >= 11 is 1.87. The molecule has 1 aromatic carbocycles. The molecule has 13 heavy (non-hydrogen) atoms. The van der Waals surface area contributed by atoms with E-state index >= 15 is 0 Å². The van der Waals surface area contributed by atoms with Crippen LogP contribution in [0.3, 0.4) is 0 Å². The second kappa shape index (κ2) is 3.97. The van der Waals surface area contributed by atoms with Gasteiger partial charge in [0, 0.05) is 17.7 Å². The maximum Gasteiger partial charge on any atom is 0.137 e. The first-order valence-electron chi connectivity index (χ1n) is 4.58. The minimum Gasteiger partial charge on any atom is -0.299 e. The summed E-state index contributed by atoms with van der Waals surface area (Å²) < 4.78 is 0. The predicted octanol–water partition coefficient (Wildman–Crippen LogP) is 2.68. The predicted molar refractivity (Wildman–Crippen MR) is 55.1 cm³/mol. The largest absolute Gasteiger partial charge is 0.299 e. The number of hydrogen-bond donors (Lipinski definition) is 0. The van der Waals surface area contributed by atoms with Crippen molar-refractivity contribution in [2.24, 2.45) is 0 Å². The summed E-state index contributed by atoms with van der Waals surface area (Å²) in [6, 6.07) is 8.22. The van der Waals surface area contributed by atoms with Crippen LogP contribution in [-0.2, 0) is 11.2 Å². The molecule has 0 aliphatic carbocycles. The number of rotatable bonds is 0. The van der Waals surface area contributed by atoms with Gasteiger partial charge in [0.15, 0.2) is 0 Å². The summed E-state index contributed by atoms with van der Waals surface area (Å²) in [5.41, 5.74) is 1.21. The van der Waals surface area contributed by atoms with E-state index in [0.717, 1.165) is 18.6 Å². The molecule has 2 rings (SSSR count). The van der Waals surface area contributed by atoms with Gasteiger partial charge in [-0.05, 0) is 23.8 Å². The fourth-order valence-corrected chi connectivity index (χ4v) is 2.55. The lowest BCUT2D eigenvalue weighted by molar-refractivity contribution is -0.118. The highest BCUT2D eigenvalue weighted by Gasteiger charge is 2.11. The topological polar surface area (TPSA) is 17.1 Å². The summed E-state index contributed by atoms with van der Waals surface area (Å²) in [4.78, 5) is 12.7. The number of benzene rings is 1. The minimum absolute atomic E-state index is 0.382. The molecule has 0 atom stereocenters. The molecule has 0 saturated carbocycles. The summed E-state index contributed by atoms with van der Waals surface area (Å²) in [6.45, 7) is 0. The van der Waals surface area contributed by atoms with Crippen molar-refractivity contribution in [1.82, 2.24) is 0 Å². The van der Waals surface area contributed by atoms with Crippen molar-refractivity contribution in [1.29, 1.82) is 0 Å². The molecule has 1 aliphatic rings. The Morgan fingerprint density at radius 1 is 1.23 bits per heavy atom. The Morgan fingerprint density at radius 3 is 3.00 bits per heavy atom. The van der Waals surface area contributed by atoms with Crippen molar-refractivity contribution < 1.29 is 4.79 Å². The second-order valence-electron chi connectivity index (χ2n) is 3.28. The Balaban J connectivity index is 2.30. The molecule has 0 fully saturated rings. The van der Waals surface area contributed by atoms with Crippen LogP contribution in [-0.4, -0.2) is 11.5 Å². The smallest absolute Gasteiger partial charge is 0.137 e. The lowest BCUT2D eigenvalue weighted by atomic mass is 10.1. The Kier molecular flexibility index (Phi) is 2.69. The number of fused-ring (bicyclic) bond motifs is 1. The molecule has 0 unspecified atom stereocenters. The van der Waals surface area contributed by atoms with E-state index in [0.29, 0.717) is 12.2 Å². The molecule has 0 spiro atoms. The molecule has 2 heteroatoms. The van der Waals surface area contributed by atoms with E-state index in [-0.39, 0.29) is 0 Å². The number of thioether (sulfide) groups is 1. The van der Waals surface area contributed by atoms with E-state index in [1.54, 1.807) is 0 Å². The van der Waals surface area contributed by atoms with Crippen molar-refractivity contribution in [3.63, 3.8) is 0 Å². The van der Waals surface area contributed by atoms with Crippen molar-refractivity contribution in [2.75, 3.05) is 5.75 Å². The molecule has 1 aromatic rings. The first-order chi connectivity index (χ1) is 6.36. The van der Waals surface area contributed by atoms with Crippen LogP contribution >= 0.6 is 11.8 Å². The highest BCUT2D eigenvalue weighted by molar-refractivity contribution is 7.99. The lowest BCUT2D eigenvalue weighted by Crippen LogP contribution is -2.06. The van der Waals surface area contributed by atoms with Crippen LogP contribution < -0.4 is 0 Å². The van der Waals surface area contributed by atoms with Crippen LogP contribution in [0.1, 0.15) is 18.4 Å². The van der Waals surface area contributed by atoms with Crippen molar-refractivity contribution >= 4 is 17.5 Å². The zero-order valence-electron chi connectivity index (χ0n) is 7.45. The molecule has 0 aromatic heterocycles. The molecule has 1 aliphatic heterocycles. The van der Waals surface area contributed by atoms with Gasteiger partial charge in [-0.1, -0.05) is 18.2 Å². The van der Waals surface area contributed by atoms with Crippen molar-refractivity contribution in [3.05, 3.63) is 29.8 Å². The Morgan fingerprint density at radius 2 is 2.08 bits per heavy atom. The monoisotopic (exact) mass is 192 g/mol. The van der Waals surface area contributed by atoms with Gasteiger partial charge in [0.05, 0.1) is 0 Å². The van der Waals surface area contributed by atoms with Gasteiger partial charge in [-0.15, -0.1) is 11.8 Å². The third-order valence-electron chi connectivity index (χ3n) is 2.22. The first-order valence-corrected chi connectivity index (χ1v) is 5.57. The van der Waals surface area contributed by atoms with Gasteiger partial charge < -0.3 is 0 Å². The molecule has 0 radical (unpaired) electrons. The highest BCUT2D eigenvalue weighted by atomic mass is 32.2. The SMILES string of the molecule is O=C1CCCSc2ccccc2C1. The maximum atomic E-state index is 11.4. The quantitative estimate of drug-likeness (QED) is 0.628. The average molecular weight is 192 g/mol. The maximum absolute atomic E-state index is 11.4. The van der Waals surface area contributed by atoms with Crippen LogP contribution in [0, 0.1) is 0 Å². The summed E-state index contributed by atoms with van der Waals surface area (Å²) in [5.74, 6) is 1.45. The van der Waals surface area contributed by atoms with E-state index < -0.39 is 0 Å². The number of hydrogen-bond acceptors (Lipinski definition) is 2. The normalized spacial score (nSPS) is 17.4. The number of ketones is 1. The average Bonchev–Trinajstić information content (AvgIpc) is 2.11. The lowest BCUT2D eigenvalue weighted by Gasteiger charge is -2.11. The van der Waals surface area contributed by atoms with Crippen LogP contribution in [0.25, 0.3) is 0 Å². The van der Waals surface area contributed by atoms with Gasteiger partial charge in [0.1, 0.15) is 5.78 Å². The molecular formula is C11H12OS. The third kappa shape index (κ3) is 2.13. The zero-order valence-corrected chi connectivity index (χ0v) is 8.27. The molecule has 1 heterocycles. The fourth-order valence-electron chi connectivity index (χ4n) is 1.54. The Labute approximate surface area is 82.5 Å². The second-order valence-corrected chi connectivity index (χ2v) is 4.41. The van der Waals surface area contributed by atoms with Crippen molar-refractivity contribution in [3.8, 4) is 0 Å². The van der Waals surface area contributed by atoms with Gasteiger partial charge in [0.25, 0.3) is 0 Å². The van der Waals surface area contributed by atoms with Crippen LogP contribution in [0.4, 0.5) is 0 Å².